The van der Waals surface area contributed by atoms with E-state index in [9.17, 15) is 4.79 Å². The molecule has 0 atom stereocenters. The highest BCUT2D eigenvalue weighted by Crippen LogP contribution is 2.04. The molecule has 0 bridgehead atoms. The Labute approximate surface area is 80.6 Å². The third-order valence-electron chi connectivity index (χ3n) is 1.77. The molecule has 0 aliphatic rings. The molecule has 0 aliphatic heterocycles. The summed E-state index contributed by atoms with van der Waals surface area (Å²) in [5, 5.41) is 10.6. The molecule has 0 N–H and O–H groups in total. The lowest BCUT2D eigenvalue weighted by molar-refractivity contribution is 0.103. The summed E-state index contributed by atoms with van der Waals surface area (Å²) in [6, 6.07) is 10.5. The van der Waals surface area contributed by atoms with Gasteiger partial charge in [-0.3, -0.25) is 4.79 Å². The smallest absolute Gasteiger partial charge is 0.213 e. The number of benzene rings is 1. The minimum absolute atomic E-state index is 0.138. The summed E-state index contributed by atoms with van der Waals surface area (Å²) in [5.74, 6) is -0.138. The fraction of sp³-hybridized carbons (Fsp3) is 0. The Balaban J connectivity index is 2.35. The zero-order valence-corrected chi connectivity index (χ0v) is 7.29. The minimum Gasteiger partial charge on any atom is -0.287 e. The van der Waals surface area contributed by atoms with Crippen molar-refractivity contribution in [2.24, 2.45) is 0 Å². The maximum atomic E-state index is 11.7. The number of hydrogen-bond acceptors (Lipinski definition) is 4. The van der Waals surface area contributed by atoms with Crippen LogP contribution in [-0.2, 0) is 0 Å². The summed E-state index contributed by atoms with van der Waals surface area (Å²) in [6.45, 7) is 0. The third-order valence-corrected chi connectivity index (χ3v) is 1.77. The van der Waals surface area contributed by atoms with Gasteiger partial charge in [0.25, 0.3) is 0 Å². The predicted molar refractivity (Wildman–Crippen MR) is 49.7 cm³/mol. The van der Waals surface area contributed by atoms with E-state index in [1.165, 1.54) is 6.20 Å². The molecule has 0 amide bonds. The summed E-state index contributed by atoms with van der Waals surface area (Å²) >= 11 is 0. The average molecular weight is 185 g/mol. The van der Waals surface area contributed by atoms with Crippen LogP contribution in [0.3, 0.4) is 0 Å². The van der Waals surface area contributed by atoms with E-state index in [0.717, 1.165) is 0 Å². The topological polar surface area (TPSA) is 55.7 Å². The molecule has 14 heavy (non-hydrogen) atoms. The number of nitrogens with zero attached hydrogens (tertiary/aromatic N) is 3. The van der Waals surface area contributed by atoms with Crippen molar-refractivity contribution in [3.63, 3.8) is 0 Å². The Morgan fingerprint density at radius 2 is 1.86 bits per heavy atom. The van der Waals surface area contributed by atoms with Crippen LogP contribution in [0.5, 0.6) is 0 Å². The molecule has 0 saturated heterocycles. The van der Waals surface area contributed by atoms with Crippen molar-refractivity contribution in [3.8, 4) is 0 Å². The highest BCUT2D eigenvalue weighted by Gasteiger charge is 2.09. The van der Waals surface area contributed by atoms with Gasteiger partial charge in [-0.2, -0.15) is 0 Å². The van der Waals surface area contributed by atoms with Crippen LogP contribution in [0.1, 0.15) is 16.1 Å². The van der Waals surface area contributed by atoms with Gasteiger partial charge in [-0.25, -0.2) is 0 Å². The maximum absolute atomic E-state index is 11.7. The Morgan fingerprint density at radius 3 is 2.50 bits per heavy atom. The van der Waals surface area contributed by atoms with Gasteiger partial charge in [0.15, 0.2) is 0 Å². The quantitative estimate of drug-likeness (QED) is 0.657. The molecule has 1 heterocycles. The van der Waals surface area contributed by atoms with Crippen LogP contribution in [0.25, 0.3) is 0 Å². The average Bonchev–Trinajstić information content (AvgIpc) is 2.30. The van der Waals surface area contributed by atoms with Crippen LogP contribution in [0.4, 0.5) is 0 Å². The molecule has 0 aliphatic carbocycles. The summed E-state index contributed by atoms with van der Waals surface area (Å²) < 4.78 is 0. The van der Waals surface area contributed by atoms with Gasteiger partial charge in [-0.05, 0) is 11.3 Å². The third kappa shape index (κ3) is 1.64. The van der Waals surface area contributed by atoms with Crippen molar-refractivity contribution in [1.82, 2.24) is 15.4 Å². The molecule has 0 spiro atoms. The van der Waals surface area contributed by atoms with Gasteiger partial charge < -0.3 is 0 Å². The molecule has 4 nitrogen and oxygen atoms in total. The Hall–Kier alpha value is -2.10. The van der Waals surface area contributed by atoms with Gasteiger partial charge in [0, 0.05) is 5.56 Å². The summed E-state index contributed by atoms with van der Waals surface area (Å²) in [6.07, 6.45) is 1.45. The van der Waals surface area contributed by atoms with E-state index in [1.807, 2.05) is 18.2 Å². The fourth-order valence-corrected chi connectivity index (χ4v) is 1.10. The summed E-state index contributed by atoms with van der Waals surface area (Å²) in [7, 11) is 0. The van der Waals surface area contributed by atoms with Crippen molar-refractivity contribution < 1.29 is 4.79 Å². The Kier molecular flexibility index (Phi) is 2.27. The molecule has 0 fully saturated rings. The zero-order chi connectivity index (χ0) is 9.80. The zero-order valence-electron chi connectivity index (χ0n) is 7.29. The van der Waals surface area contributed by atoms with E-state index in [0.29, 0.717) is 11.3 Å². The summed E-state index contributed by atoms with van der Waals surface area (Å²) in [5.41, 5.74) is 0.916. The van der Waals surface area contributed by atoms with E-state index >= 15 is 0 Å². The molecule has 4 heteroatoms. The van der Waals surface area contributed by atoms with Gasteiger partial charge >= 0.3 is 0 Å². The van der Waals surface area contributed by atoms with Crippen molar-refractivity contribution in [1.29, 1.82) is 0 Å². The molecule has 1 aromatic heterocycles. The Bertz CT molecular complexity index is 386. The first kappa shape index (κ1) is 8.50. The number of aromatic nitrogens is 3. The van der Waals surface area contributed by atoms with Crippen LogP contribution >= 0.6 is 0 Å². The lowest BCUT2D eigenvalue weighted by atomic mass is 10.1. The van der Waals surface area contributed by atoms with Crippen molar-refractivity contribution in [2.75, 3.05) is 0 Å². The van der Waals surface area contributed by atoms with Crippen LogP contribution in [0, 0.1) is 0 Å². The van der Waals surface area contributed by atoms with Gasteiger partial charge in [0.1, 0.15) is 5.69 Å². The van der Waals surface area contributed by atoms with Crippen LogP contribution in [0.15, 0.2) is 42.6 Å². The maximum Gasteiger partial charge on any atom is 0.213 e. The molecule has 68 valence electrons. The van der Waals surface area contributed by atoms with E-state index in [4.69, 9.17) is 0 Å². The minimum atomic E-state index is -0.138. The lowest BCUT2D eigenvalue weighted by Crippen LogP contribution is -2.05. The SMILES string of the molecule is O=C(c1ccccc1)c1ccnnn1. The van der Waals surface area contributed by atoms with Crippen molar-refractivity contribution in [2.45, 2.75) is 0 Å². The number of rotatable bonds is 2. The van der Waals surface area contributed by atoms with E-state index in [2.05, 4.69) is 15.4 Å². The molecule has 0 saturated carbocycles. The second-order valence-electron chi connectivity index (χ2n) is 2.70. The van der Waals surface area contributed by atoms with Crippen LogP contribution in [0.2, 0.25) is 0 Å². The van der Waals surface area contributed by atoms with Gasteiger partial charge in [0.05, 0.1) is 6.20 Å². The molecule has 2 aromatic rings. The first-order valence-electron chi connectivity index (χ1n) is 4.12. The number of carbonyl (C=O) groups excluding carboxylic acids is 1. The van der Waals surface area contributed by atoms with Gasteiger partial charge in [0.2, 0.25) is 5.78 Å². The standard InChI is InChI=1S/C10H7N3O/c14-10(8-4-2-1-3-5-8)9-6-7-11-13-12-9/h1-7H. The number of carbonyl (C=O) groups is 1. The first-order chi connectivity index (χ1) is 6.88. The molecule has 0 unspecified atom stereocenters. The number of ketones is 1. The van der Waals surface area contributed by atoms with Crippen molar-refractivity contribution >= 4 is 5.78 Å². The molecule has 1 aromatic carbocycles. The fourth-order valence-electron chi connectivity index (χ4n) is 1.10. The molecular formula is C10H7N3O. The predicted octanol–water partition coefficient (Wildman–Crippen LogP) is 1.10. The molecular weight excluding hydrogens is 178 g/mol. The lowest BCUT2D eigenvalue weighted by Gasteiger charge is -1.96. The summed E-state index contributed by atoms with van der Waals surface area (Å²) in [4.78, 5) is 11.7. The molecule has 2 rings (SSSR count). The van der Waals surface area contributed by atoms with Crippen molar-refractivity contribution in [3.05, 3.63) is 53.9 Å². The molecule has 0 radical (unpaired) electrons. The largest absolute Gasteiger partial charge is 0.287 e. The normalized spacial score (nSPS) is 9.71. The Morgan fingerprint density at radius 1 is 1.07 bits per heavy atom. The van der Waals surface area contributed by atoms with E-state index < -0.39 is 0 Å². The second kappa shape index (κ2) is 3.74. The van der Waals surface area contributed by atoms with Gasteiger partial charge in [-0.1, -0.05) is 30.3 Å². The first-order valence-corrected chi connectivity index (χ1v) is 4.12. The van der Waals surface area contributed by atoms with E-state index in [-0.39, 0.29) is 5.78 Å². The van der Waals surface area contributed by atoms with Gasteiger partial charge in [-0.15, -0.1) is 10.2 Å². The van der Waals surface area contributed by atoms with E-state index in [1.54, 1.807) is 18.2 Å². The highest BCUT2D eigenvalue weighted by molar-refractivity contribution is 6.07. The monoisotopic (exact) mass is 185 g/mol. The highest BCUT2D eigenvalue weighted by atomic mass is 16.1. The van der Waals surface area contributed by atoms with Crippen LogP contribution < -0.4 is 0 Å². The number of hydrogen-bond donors (Lipinski definition) is 0. The second-order valence-corrected chi connectivity index (χ2v) is 2.70. The van der Waals surface area contributed by atoms with Crippen LogP contribution in [-0.4, -0.2) is 21.2 Å².